The summed E-state index contributed by atoms with van der Waals surface area (Å²) in [6, 6.07) is 0. The van der Waals surface area contributed by atoms with Crippen molar-refractivity contribution in [2.24, 2.45) is 5.73 Å². The number of aromatic nitrogens is 5. The lowest BCUT2D eigenvalue weighted by molar-refractivity contribution is 0.0781. The maximum Gasteiger partial charge on any atom is 0.257 e. The molecule has 0 radical (unpaired) electrons. The second-order valence-electron chi connectivity index (χ2n) is 4.60. The number of aryl methyl sites for hydroxylation is 1. The van der Waals surface area contributed by atoms with Crippen LogP contribution < -0.4 is 5.73 Å². The Kier molecular flexibility index (Phi) is 4.46. The number of carbonyl (C=O) groups is 1. The Labute approximate surface area is 117 Å². The van der Waals surface area contributed by atoms with Gasteiger partial charge in [0, 0.05) is 19.3 Å². The quantitative estimate of drug-likeness (QED) is 0.769. The average Bonchev–Trinajstić information content (AvgIpc) is 3.06. The minimum Gasteiger partial charge on any atom is -0.334 e. The molecule has 8 heteroatoms. The number of hydrogen-bond donors (Lipinski definition) is 2. The summed E-state index contributed by atoms with van der Waals surface area (Å²) in [6.45, 7) is 3.60. The fourth-order valence-corrected chi connectivity index (χ4v) is 1.93. The number of aromatic amines is 1. The molecular formula is C12H19N7O. The van der Waals surface area contributed by atoms with Crippen LogP contribution in [0.5, 0.6) is 0 Å². The zero-order chi connectivity index (χ0) is 14.5. The molecule has 0 aliphatic heterocycles. The van der Waals surface area contributed by atoms with Gasteiger partial charge in [-0.1, -0.05) is 0 Å². The molecule has 0 atom stereocenters. The number of H-pyrrole nitrogens is 1. The molecule has 0 spiro atoms. The summed E-state index contributed by atoms with van der Waals surface area (Å²) >= 11 is 0. The van der Waals surface area contributed by atoms with Gasteiger partial charge in [-0.3, -0.25) is 14.6 Å². The second-order valence-corrected chi connectivity index (χ2v) is 4.60. The van der Waals surface area contributed by atoms with Crippen molar-refractivity contribution in [3.63, 3.8) is 0 Å². The molecule has 3 N–H and O–H groups in total. The lowest BCUT2D eigenvalue weighted by Gasteiger charge is -2.15. The number of hydrogen-bond acceptors (Lipinski definition) is 5. The van der Waals surface area contributed by atoms with Gasteiger partial charge in [0.25, 0.3) is 5.91 Å². The molecule has 0 unspecified atom stereocenters. The van der Waals surface area contributed by atoms with E-state index in [1.807, 2.05) is 11.6 Å². The van der Waals surface area contributed by atoms with E-state index >= 15 is 0 Å². The van der Waals surface area contributed by atoms with Crippen LogP contribution in [0.3, 0.4) is 0 Å². The minimum atomic E-state index is -0.0853. The van der Waals surface area contributed by atoms with E-state index in [4.69, 9.17) is 5.73 Å². The molecule has 0 aromatic carbocycles. The van der Waals surface area contributed by atoms with Crippen LogP contribution in [-0.4, -0.2) is 49.4 Å². The van der Waals surface area contributed by atoms with E-state index < -0.39 is 0 Å². The van der Waals surface area contributed by atoms with E-state index in [0.717, 1.165) is 18.7 Å². The summed E-state index contributed by atoms with van der Waals surface area (Å²) in [5, 5.41) is 10.7. The van der Waals surface area contributed by atoms with Crippen molar-refractivity contribution in [1.82, 2.24) is 29.9 Å². The predicted molar refractivity (Wildman–Crippen MR) is 72.8 cm³/mol. The van der Waals surface area contributed by atoms with E-state index in [1.165, 1.54) is 6.33 Å². The smallest absolute Gasteiger partial charge is 0.257 e. The third-order valence-corrected chi connectivity index (χ3v) is 3.11. The number of nitrogens with one attached hydrogen (secondary N) is 1. The molecule has 2 rings (SSSR count). The van der Waals surface area contributed by atoms with Gasteiger partial charge in [0.15, 0.2) is 0 Å². The Bertz CT molecular complexity index is 560. The van der Waals surface area contributed by atoms with Crippen molar-refractivity contribution in [3.8, 4) is 0 Å². The summed E-state index contributed by atoms with van der Waals surface area (Å²) < 4.78 is 1.81. The summed E-state index contributed by atoms with van der Waals surface area (Å²) in [5.74, 6) is 0.562. The van der Waals surface area contributed by atoms with Gasteiger partial charge in [0.05, 0.1) is 18.3 Å². The molecule has 108 valence electrons. The van der Waals surface area contributed by atoms with Gasteiger partial charge in [0.2, 0.25) is 0 Å². The molecule has 2 aromatic heterocycles. The number of nitrogens with two attached hydrogens (primary N) is 1. The van der Waals surface area contributed by atoms with Crippen LogP contribution in [0.1, 0.15) is 28.3 Å². The second kappa shape index (κ2) is 6.29. The maximum atomic E-state index is 12.4. The van der Waals surface area contributed by atoms with Crippen molar-refractivity contribution >= 4 is 5.91 Å². The number of amides is 1. The van der Waals surface area contributed by atoms with Gasteiger partial charge < -0.3 is 10.6 Å². The molecule has 8 nitrogen and oxygen atoms in total. The van der Waals surface area contributed by atoms with Gasteiger partial charge in [-0.2, -0.15) is 10.2 Å². The molecule has 0 fully saturated rings. The lowest BCUT2D eigenvalue weighted by atomic mass is 10.2. The first-order chi connectivity index (χ1) is 9.63. The monoisotopic (exact) mass is 277 g/mol. The fraction of sp³-hybridized carbons (Fsp3) is 0.500. The van der Waals surface area contributed by atoms with Crippen LogP contribution >= 0.6 is 0 Å². The van der Waals surface area contributed by atoms with Gasteiger partial charge in [-0.25, -0.2) is 4.98 Å². The van der Waals surface area contributed by atoms with E-state index in [2.05, 4.69) is 20.3 Å². The highest BCUT2D eigenvalue weighted by Gasteiger charge is 2.18. The SMILES string of the molecule is Cc1c(C(=O)N(C)Cc2ncn[nH]2)cnn1CCCN. The molecule has 0 aliphatic rings. The molecule has 0 saturated carbocycles. The Balaban J connectivity index is 2.06. The average molecular weight is 277 g/mol. The van der Waals surface area contributed by atoms with Crippen LogP contribution in [0.15, 0.2) is 12.5 Å². The third-order valence-electron chi connectivity index (χ3n) is 3.11. The number of rotatable bonds is 6. The van der Waals surface area contributed by atoms with Crippen LogP contribution in [0.2, 0.25) is 0 Å². The van der Waals surface area contributed by atoms with Crippen molar-refractivity contribution in [2.45, 2.75) is 26.4 Å². The predicted octanol–water partition coefficient (Wildman–Crippen LogP) is -0.0694. The van der Waals surface area contributed by atoms with Crippen LogP contribution in [-0.2, 0) is 13.1 Å². The zero-order valence-electron chi connectivity index (χ0n) is 11.7. The Morgan fingerprint density at radius 2 is 2.35 bits per heavy atom. The van der Waals surface area contributed by atoms with Gasteiger partial charge in [0.1, 0.15) is 12.2 Å². The van der Waals surface area contributed by atoms with Crippen molar-refractivity contribution < 1.29 is 4.79 Å². The van der Waals surface area contributed by atoms with Crippen LogP contribution in [0, 0.1) is 6.92 Å². The van der Waals surface area contributed by atoms with Crippen molar-refractivity contribution in [1.29, 1.82) is 0 Å². The lowest BCUT2D eigenvalue weighted by Crippen LogP contribution is -2.27. The third kappa shape index (κ3) is 3.02. The van der Waals surface area contributed by atoms with E-state index in [0.29, 0.717) is 24.5 Å². The molecule has 2 aromatic rings. The van der Waals surface area contributed by atoms with Crippen LogP contribution in [0.25, 0.3) is 0 Å². The largest absolute Gasteiger partial charge is 0.334 e. The Morgan fingerprint density at radius 1 is 1.55 bits per heavy atom. The first-order valence-electron chi connectivity index (χ1n) is 6.45. The Morgan fingerprint density at radius 3 is 3.00 bits per heavy atom. The van der Waals surface area contributed by atoms with Gasteiger partial charge in [-0.05, 0) is 19.9 Å². The van der Waals surface area contributed by atoms with E-state index in [1.54, 1.807) is 18.1 Å². The number of carbonyl (C=O) groups excluding carboxylic acids is 1. The summed E-state index contributed by atoms with van der Waals surface area (Å²) in [4.78, 5) is 18.0. The Hall–Kier alpha value is -2.22. The molecular weight excluding hydrogens is 258 g/mol. The maximum absolute atomic E-state index is 12.4. The first-order valence-corrected chi connectivity index (χ1v) is 6.45. The molecule has 1 amide bonds. The standard InChI is InChI=1S/C12H19N7O/c1-9-10(6-16-19(9)5-3-4-13)12(20)18(2)7-11-14-8-15-17-11/h6,8H,3-5,7,13H2,1-2H3,(H,14,15,17). The number of nitrogens with zero attached hydrogens (tertiary/aromatic N) is 5. The zero-order valence-corrected chi connectivity index (χ0v) is 11.7. The van der Waals surface area contributed by atoms with E-state index in [9.17, 15) is 4.79 Å². The topological polar surface area (TPSA) is 106 Å². The molecule has 0 saturated heterocycles. The van der Waals surface area contributed by atoms with Gasteiger partial charge >= 0.3 is 0 Å². The highest BCUT2D eigenvalue weighted by molar-refractivity contribution is 5.94. The highest BCUT2D eigenvalue weighted by Crippen LogP contribution is 2.11. The van der Waals surface area contributed by atoms with Crippen LogP contribution in [0.4, 0.5) is 0 Å². The molecule has 0 bridgehead atoms. The molecule has 20 heavy (non-hydrogen) atoms. The summed E-state index contributed by atoms with van der Waals surface area (Å²) in [6.07, 6.45) is 3.86. The highest BCUT2D eigenvalue weighted by atomic mass is 16.2. The fourth-order valence-electron chi connectivity index (χ4n) is 1.93. The molecule has 0 aliphatic carbocycles. The summed E-state index contributed by atoms with van der Waals surface area (Å²) in [5.41, 5.74) is 6.94. The van der Waals surface area contributed by atoms with Crippen molar-refractivity contribution in [3.05, 3.63) is 29.6 Å². The first kappa shape index (κ1) is 14.2. The van der Waals surface area contributed by atoms with Gasteiger partial charge in [-0.15, -0.1) is 0 Å². The molecule has 2 heterocycles. The van der Waals surface area contributed by atoms with E-state index in [-0.39, 0.29) is 5.91 Å². The minimum absolute atomic E-state index is 0.0853. The normalized spacial score (nSPS) is 10.8. The van der Waals surface area contributed by atoms with Crippen molar-refractivity contribution in [2.75, 3.05) is 13.6 Å². The summed E-state index contributed by atoms with van der Waals surface area (Å²) in [7, 11) is 1.72.